The molecule has 0 radical (unpaired) electrons. The maximum atomic E-state index is 10.7. The van der Waals surface area contributed by atoms with E-state index >= 15 is 0 Å². The molecule has 2 atom stereocenters. The minimum atomic E-state index is -0.698. The quantitative estimate of drug-likeness (QED) is 0.720. The van der Waals surface area contributed by atoms with Crippen LogP contribution in [0.5, 0.6) is 0 Å². The summed E-state index contributed by atoms with van der Waals surface area (Å²) < 4.78 is 0. The van der Waals surface area contributed by atoms with Gasteiger partial charge in [-0.25, -0.2) is 0 Å². The van der Waals surface area contributed by atoms with Crippen LogP contribution in [-0.4, -0.2) is 59.6 Å². The fraction of sp³-hybridized carbons (Fsp3) is 0.900. The molecule has 0 aliphatic carbocycles. The Morgan fingerprint density at radius 3 is 2.64 bits per heavy atom. The second-order valence-corrected chi connectivity index (χ2v) is 4.13. The van der Waals surface area contributed by atoms with Crippen molar-refractivity contribution in [2.24, 2.45) is 0 Å². The van der Waals surface area contributed by atoms with Crippen LogP contribution in [0.15, 0.2) is 0 Å². The van der Waals surface area contributed by atoms with Gasteiger partial charge in [-0.2, -0.15) is 0 Å². The molecule has 14 heavy (non-hydrogen) atoms. The average Bonchev–Trinajstić information content (AvgIpc) is 2.10. The van der Waals surface area contributed by atoms with E-state index in [1.807, 2.05) is 0 Å². The lowest BCUT2D eigenvalue weighted by molar-refractivity contribution is -0.139. The zero-order chi connectivity index (χ0) is 10.7. The smallest absolute Gasteiger partial charge is 0.304 e. The van der Waals surface area contributed by atoms with E-state index in [0.29, 0.717) is 6.04 Å². The van der Waals surface area contributed by atoms with Gasteiger partial charge in [0.05, 0.1) is 6.42 Å². The normalized spacial score (nSPS) is 30.5. The number of carboxylic acids is 1. The van der Waals surface area contributed by atoms with E-state index in [9.17, 15) is 4.79 Å². The summed E-state index contributed by atoms with van der Waals surface area (Å²) in [6.07, 6.45) is 0.255. The maximum Gasteiger partial charge on any atom is 0.304 e. The highest BCUT2D eigenvalue weighted by molar-refractivity contribution is 5.67. The van der Waals surface area contributed by atoms with Gasteiger partial charge < -0.3 is 10.0 Å². The Balaban J connectivity index is 2.58. The Morgan fingerprint density at radius 2 is 2.14 bits per heavy atom. The molecule has 1 aliphatic heterocycles. The van der Waals surface area contributed by atoms with Crippen molar-refractivity contribution in [2.75, 3.05) is 26.7 Å². The standard InChI is InChI=1S/C10H20N2O2/c1-4-12-6-8(2)11(3)7-9(12)5-10(13)14/h8-9H,4-7H2,1-3H3,(H,13,14). The van der Waals surface area contributed by atoms with Crippen molar-refractivity contribution in [3.05, 3.63) is 0 Å². The molecule has 82 valence electrons. The van der Waals surface area contributed by atoms with Crippen molar-refractivity contribution in [1.82, 2.24) is 9.80 Å². The lowest BCUT2D eigenvalue weighted by atomic mass is 10.1. The monoisotopic (exact) mass is 200 g/mol. The van der Waals surface area contributed by atoms with E-state index in [-0.39, 0.29) is 12.5 Å². The number of piperazine rings is 1. The highest BCUT2D eigenvalue weighted by atomic mass is 16.4. The molecule has 2 unspecified atom stereocenters. The molecule has 4 heteroatoms. The number of likely N-dealkylation sites (N-methyl/N-ethyl adjacent to an activating group) is 2. The van der Waals surface area contributed by atoms with Gasteiger partial charge in [0, 0.05) is 25.2 Å². The molecular formula is C10H20N2O2. The van der Waals surface area contributed by atoms with E-state index in [1.54, 1.807) is 0 Å². The van der Waals surface area contributed by atoms with Crippen LogP contribution in [0, 0.1) is 0 Å². The largest absolute Gasteiger partial charge is 0.481 e. The van der Waals surface area contributed by atoms with E-state index in [1.165, 1.54) is 0 Å². The van der Waals surface area contributed by atoms with Crippen LogP contribution in [0.2, 0.25) is 0 Å². The van der Waals surface area contributed by atoms with Crippen molar-refractivity contribution in [3.63, 3.8) is 0 Å². The molecule has 0 bridgehead atoms. The average molecular weight is 200 g/mol. The first-order valence-electron chi connectivity index (χ1n) is 5.20. The molecule has 1 fully saturated rings. The summed E-state index contributed by atoms with van der Waals surface area (Å²) in [4.78, 5) is 15.2. The van der Waals surface area contributed by atoms with Gasteiger partial charge in [-0.15, -0.1) is 0 Å². The van der Waals surface area contributed by atoms with Crippen LogP contribution in [0.25, 0.3) is 0 Å². The first-order chi connectivity index (χ1) is 6.54. The van der Waals surface area contributed by atoms with Gasteiger partial charge in [0.25, 0.3) is 0 Å². The van der Waals surface area contributed by atoms with Crippen LogP contribution in [0.4, 0.5) is 0 Å². The first kappa shape index (κ1) is 11.5. The molecule has 1 saturated heterocycles. The van der Waals surface area contributed by atoms with Crippen molar-refractivity contribution < 1.29 is 9.90 Å². The number of aliphatic carboxylic acids is 1. The Labute approximate surface area is 85.5 Å². The van der Waals surface area contributed by atoms with Crippen molar-refractivity contribution in [1.29, 1.82) is 0 Å². The lowest BCUT2D eigenvalue weighted by Gasteiger charge is -2.43. The Morgan fingerprint density at radius 1 is 1.50 bits per heavy atom. The topological polar surface area (TPSA) is 43.8 Å². The van der Waals surface area contributed by atoms with Crippen molar-refractivity contribution in [3.8, 4) is 0 Å². The summed E-state index contributed by atoms with van der Waals surface area (Å²) in [5.74, 6) is -0.698. The fourth-order valence-electron chi connectivity index (χ4n) is 2.04. The summed E-state index contributed by atoms with van der Waals surface area (Å²) in [5, 5.41) is 8.79. The number of hydrogen-bond donors (Lipinski definition) is 1. The third kappa shape index (κ3) is 2.69. The number of carboxylic acid groups (broad SMARTS) is 1. The summed E-state index contributed by atoms with van der Waals surface area (Å²) in [6.45, 7) is 7.05. The predicted molar refractivity (Wildman–Crippen MR) is 55.4 cm³/mol. The minimum absolute atomic E-state index is 0.179. The van der Waals surface area contributed by atoms with Gasteiger partial charge >= 0.3 is 5.97 Å². The van der Waals surface area contributed by atoms with Gasteiger partial charge in [-0.1, -0.05) is 6.92 Å². The van der Waals surface area contributed by atoms with Crippen molar-refractivity contribution in [2.45, 2.75) is 32.4 Å². The third-order valence-corrected chi connectivity index (χ3v) is 3.08. The molecule has 4 nitrogen and oxygen atoms in total. The molecule has 0 aromatic carbocycles. The van der Waals surface area contributed by atoms with Crippen molar-refractivity contribution >= 4 is 5.97 Å². The molecule has 1 N–H and O–H groups in total. The van der Waals surface area contributed by atoms with Crippen LogP contribution in [0.3, 0.4) is 0 Å². The van der Waals surface area contributed by atoms with Gasteiger partial charge in [-0.05, 0) is 20.5 Å². The number of nitrogens with zero attached hydrogens (tertiary/aromatic N) is 2. The van der Waals surface area contributed by atoms with Crippen LogP contribution in [-0.2, 0) is 4.79 Å². The van der Waals surface area contributed by atoms with E-state index in [4.69, 9.17) is 5.11 Å². The molecule has 0 saturated carbocycles. The molecule has 1 aliphatic rings. The molecule has 0 amide bonds. The third-order valence-electron chi connectivity index (χ3n) is 3.08. The van der Waals surface area contributed by atoms with E-state index < -0.39 is 5.97 Å². The van der Waals surface area contributed by atoms with E-state index in [0.717, 1.165) is 19.6 Å². The second kappa shape index (κ2) is 4.75. The first-order valence-corrected chi connectivity index (χ1v) is 5.20. The summed E-state index contributed by atoms with van der Waals surface area (Å²) in [7, 11) is 2.06. The fourth-order valence-corrected chi connectivity index (χ4v) is 2.04. The Hall–Kier alpha value is -0.610. The Kier molecular flexibility index (Phi) is 3.89. The zero-order valence-electron chi connectivity index (χ0n) is 9.23. The van der Waals surface area contributed by atoms with E-state index in [2.05, 4.69) is 30.7 Å². The predicted octanol–water partition coefficient (Wildman–Crippen LogP) is 0.485. The van der Waals surface area contributed by atoms with Gasteiger partial charge in [0.2, 0.25) is 0 Å². The molecule has 0 aromatic rings. The second-order valence-electron chi connectivity index (χ2n) is 4.13. The Bertz CT molecular complexity index is 208. The number of hydrogen-bond acceptors (Lipinski definition) is 3. The zero-order valence-corrected chi connectivity index (χ0v) is 9.23. The molecule has 1 heterocycles. The number of carbonyl (C=O) groups is 1. The van der Waals surface area contributed by atoms with Crippen LogP contribution in [0.1, 0.15) is 20.3 Å². The highest BCUT2D eigenvalue weighted by Gasteiger charge is 2.29. The van der Waals surface area contributed by atoms with Gasteiger partial charge in [0.1, 0.15) is 0 Å². The molecule has 1 rings (SSSR count). The SMILES string of the molecule is CCN1CC(C)N(C)CC1CC(=O)O. The molecule has 0 aromatic heterocycles. The molecule has 0 spiro atoms. The number of rotatable bonds is 3. The minimum Gasteiger partial charge on any atom is -0.481 e. The van der Waals surface area contributed by atoms with Crippen LogP contribution >= 0.6 is 0 Å². The lowest BCUT2D eigenvalue weighted by Crippen LogP contribution is -2.56. The van der Waals surface area contributed by atoms with Gasteiger partial charge in [0.15, 0.2) is 0 Å². The van der Waals surface area contributed by atoms with Crippen LogP contribution < -0.4 is 0 Å². The summed E-state index contributed by atoms with van der Waals surface area (Å²) in [5.41, 5.74) is 0. The summed E-state index contributed by atoms with van der Waals surface area (Å²) >= 11 is 0. The molecular weight excluding hydrogens is 180 g/mol. The summed E-state index contributed by atoms with van der Waals surface area (Å²) in [6, 6.07) is 0.707. The van der Waals surface area contributed by atoms with Gasteiger partial charge in [-0.3, -0.25) is 9.69 Å². The maximum absolute atomic E-state index is 10.7. The highest BCUT2D eigenvalue weighted by Crippen LogP contribution is 2.15.